The SMILES string of the molecule is COc1cncc(C(N)CSC(C)(C)C)c1. The fourth-order valence-electron chi connectivity index (χ4n) is 1.19. The first-order valence-corrected chi connectivity index (χ1v) is 6.29. The maximum Gasteiger partial charge on any atom is 0.137 e. The summed E-state index contributed by atoms with van der Waals surface area (Å²) in [6.45, 7) is 6.57. The first-order valence-electron chi connectivity index (χ1n) is 5.31. The van der Waals surface area contributed by atoms with Crippen LogP contribution in [0, 0.1) is 0 Å². The van der Waals surface area contributed by atoms with Crippen molar-refractivity contribution in [3.63, 3.8) is 0 Å². The smallest absolute Gasteiger partial charge is 0.137 e. The summed E-state index contributed by atoms with van der Waals surface area (Å²) in [5, 5.41) is 0. The topological polar surface area (TPSA) is 48.1 Å². The zero-order valence-electron chi connectivity index (χ0n) is 10.4. The van der Waals surface area contributed by atoms with Gasteiger partial charge >= 0.3 is 0 Å². The molecule has 0 aliphatic carbocycles. The summed E-state index contributed by atoms with van der Waals surface area (Å²) in [6, 6.07) is 1.95. The molecule has 0 saturated heterocycles. The molecule has 0 radical (unpaired) electrons. The molecule has 0 amide bonds. The zero-order chi connectivity index (χ0) is 12.2. The number of thioether (sulfide) groups is 1. The Bertz CT molecular complexity index is 336. The van der Waals surface area contributed by atoms with Crippen LogP contribution in [0.15, 0.2) is 18.5 Å². The molecule has 3 nitrogen and oxygen atoms in total. The van der Waals surface area contributed by atoms with Crippen molar-refractivity contribution in [3.05, 3.63) is 24.0 Å². The highest BCUT2D eigenvalue weighted by Gasteiger charge is 2.14. The molecule has 1 unspecified atom stereocenters. The van der Waals surface area contributed by atoms with Gasteiger partial charge < -0.3 is 10.5 Å². The van der Waals surface area contributed by atoms with Gasteiger partial charge in [0.05, 0.1) is 13.3 Å². The first-order chi connectivity index (χ1) is 7.42. The van der Waals surface area contributed by atoms with E-state index in [1.54, 1.807) is 19.5 Å². The summed E-state index contributed by atoms with van der Waals surface area (Å²) in [5.41, 5.74) is 7.13. The molecule has 0 spiro atoms. The molecule has 0 aliphatic heterocycles. The summed E-state index contributed by atoms with van der Waals surface area (Å²) in [4.78, 5) is 4.11. The Morgan fingerprint density at radius 1 is 1.44 bits per heavy atom. The maximum absolute atomic E-state index is 6.11. The molecule has 16 heavy (non-hydrogen) atoms. The first kappa shape index (κ1) is 13.3. The van der Waals surface area contributed by atoms with Gasteiger partial charge in [0.2, 0.25) is 0 Å². The zero-order valence-corrected chi connectivity index (χ0v) is 11.2. The second kappa shape index (κ2) is 5.55. The quantitative estimate of drug-likeness (QED) is 0.879. The minimum absolute atomic E-state index is 0.00632. The van der Waals surface area contributed by atoms with Crippen molar-refractivity contribution in [2.24, 2.45) is 5.73 Å². The molecule has 0 aromatic carbocycles. The molecule has 1 aromatic rings. The highest BCUT2D eigenvalue weighted by Crippen LogP contribution is 2.27. The summed E-state index contributed by atoms with van der Waals surface area (Å²) in [5.74, 6) is 1.65. The second-order valence-corrected chi connectivity index (χ2v) is 6.53. The number of nitrogens with zero attached hydrogens (tertiary/aromatic N) is 1. The lowest BCUT2D eigenvalue weighted by Gasteiger charge is -2.20. The summed E-state index contributed by atoms with van der Waals surface area (Å²) >= 11 is 1.86. The van der Waals surface area contributed by atoms with E-state index in [1.165, 1.54) is 0 Å². The van der Waals surface area contributed by atoms with Crippen LogP contribution in [0.4, 0.5) is 0 Å². The fraction of sp³-hybridized carbons (Fsp3) is 0.583. The summed E-state index contributed by atoms with van der Waals surface area (Å²) < 4.78 is 5.37. The van der Waals surface area contributed by atoms with Crippen LogP contribution < -0.4 is 10.5 Å². The van der Waals surface area contributed by atoms with Gasteiger partial charge in [-0.2, -0.15) is 11.8 Å². The Hall–Kier alpha value is -0.740. The van der Waals surface area contributed by atoms with E-state index in [9.17, 15) is 0 Å². The van der Waals surface area contributed by atoms with E-state index in [-0.39, 0.29) is 10.8 Å². The van der Waals surface area contributed by atoms with E-state index >= 15 is 0 Å². The molecule has 0 saturated carbocycles. The van der Waals surface area contributed by atoms with E-state index in [4.69, 9.17) is 10.5 Å². The molecule has 1 rings (SSSR count). The predicted octanol–water partition coefficient (Wildman–Crippen LogP) is 2.62. The summed E-state index contributed by atoms with van der Waals surface area (Å²) in [7, 11) is 1.64. The van der Waals surface area contributed by atoms with Gasteiger partial charge in [-0.25, -0.2) is 0 Å². The van der Waals surface area contributed by atoms with Crippen LogP contribution in [0.5, 0.6) is 5.75 Å². The van der Waals surface area contributed by atoms with Crippen LogP contribution in [-0.4, -0.2) is 22.6 Å². The molecule has 0 aliphatic rings. The highest BCUT2D eigenvalue weighted by atomic mass is 32.2. The highest BCUT2D eigenvalue weighted by molar-refractivity contribution is 8.00. The van der Waals surface area contributed by atoms with Crippen molar-refractivity contribution in [1.29, 1.82) is 0 Å². The number of hydrogen-bond donors (Lipinski definition) is 1. The maximum atomic E-state index is 6.11. The molecule has 4 heteroatoms. The fourth-order valence-corrected chi connectivity index (χ4v) is 2.06. The van der Waals surface area contributed by atoms with Crippen LogP contribution >= 0.6 is 11.8 Å². The van der Waals surface area contributed by atoms with Crippen molar-refractivity contribution < 1.29 is 4.74 Å². The van der Waals surface area contributed by atoms with E-state index < -0.39 is 0 Å². The molecule has 0 bridgehead atoms. The van der Waals surface area contributed by atoms with Crippen molar-refractivity contribution >= 4 is 11.8 Å². The third kappa shape index (κ3) is 4.41. The number of hydrogen-bond acceptors (Lipinski definition) is 4. The lowest BCUT2D eigenvalue weighted by Crippen LogP contribution is -2.18. The Labute approximate surface area is 102 Å². The van der Waals surface area contributed by atoms with Crippen molar-refractivity contribution in [2.45, 2.75) is 31.6 Å². The molecule has 1 atom stereocenters. The van der Waals surface area contributed by atoms with Gasteiger partial charge in [-0.1, -0.05) is 20.8 Å². The lowest BCUT2D eigenvalue weighted by atomic mass is 10.1. The minimum atomic E-state index is 0.00632. The van der Waals surface area contributed by atoms with E-state index in [2.05, 4.69) is 25.8 Å². The van der Waals surface area contributed by atoms with Gasteiger partial charge in [-0.15, -0.1) is 0 Å². The van der Waals surface area contributed by atoms with Gasteiger partial charge in [0, 0.05) is 22.7 Å². The van der Waals surface area contributed by atoms with Crippen LogP contribution in [0.1, 0.15) is 32.4 Å². The van der Waals surface area contributed by atoms with E-state index in [0.29, 0.717) is 0 Å². The van der Waals surface area contributed by atoms with E-state index in [0.717, 1.165) is 17.1 Å². The number of nitrogens with two attached hydrogens (primary N) is 1. The number of rotatable bonds is 4. The Balaban J connectivity index is 2.62. The Morgan fingerprint density at radius 3 is 2.69 bits per heavy atom. The van der Waals surface area contributed by atoms with Gasteiger partial charge in [-0.3, -0.25) is 4.98 Å². The summed E-state index contributed by atoms with van der Waals surface area (Å²) in [6.07, 6.45) is 3.49. The third-order valence-corrected chi connectivity index (χ3v) is 3.49. The average Bonchev–Trinajstić information content (AvgIpc) is 2.25. The van der Waals surface area contributed by atoms with Gasteiger partial charge in [0.15, 0.2) is 0 Å². The number of ether oxygens (including phenoxy) is 1. The monoisotopic (exact) mass is 240 g/mol. The molecular weight excluding hydrogens is 220 g/mol. The molecule has 1 heterocycles. The molecule has 0 fully saturated rings. The standard InChI is InChI=1S/C12H20N2OS/c1-12(2,3)16-8-11(13)9-5-10(15-4)7-14-6-9/h5-7,11H,8,13H2,1-4H3. The number of methoxy groups -OCH3 is 1. The Morgan fingerprint density at radius 2 is 2.12 bits per heavy atom. The van der Waals surface area contributed by atoms with Crippen LogP contribution in [0.25, 0.3) is 0 Å². The van der Waals surface area contributed by atoms with Crippen LogP contribution in [-0.2, 0) is 0 Å². The van der Waals surface area contributed by atoms with Gasteiger partial charge in [-0.05, 0) is 11.6 Å². The van der Waals surface area contributed by atoms with Crippen molar-refractivity contribution in [1.82, 2.24) is 4.98 Å². The Kier molecular flexibility index (Phi) is 4.62. The molecule has 90 valence electrons. The van der Waals surface area contributed by atoms with Gasteiger partial charge in [0.1, 0.15) is 5.75 Å². The number of aromatic nitrogens is 1. The lowest BCUT2D eigenvalue weighted by molar-refractivity contribution is 0.412. The van der Waals surface area contributed by atoms with Crippen LogP contribution in [0.3, 0.4) is 0 Å². The van der Waals surface area contributed by atoms with Gasteiger partial charge in [0.25, 0.3) is 0 Å². The van der Waals surface area contributed by atoms with Crippen LogP contribution in [0.2, 0.25) is 0 Å². The normalized spacial score (nSPS) is 13.6. The van der Waals surface area contributed by atoms with Crippen molar-refractivity contribution in [3.8, 4) is 5.75 Å². The van der Waals surface area contributed by atoms with E-state index in [1.807, 2.05) is 17.8 Å². The largest absolute Gasteiger partial charge is 0.495 e. The molecule has 1 aromatic heterocycles. The molecular formula is C12H20N2OS. The molecule has 2 N–H and O–H groups in total. The third-order valence-electron chi connectivity index (χ3n) is 2.09. The average molecular weight is 240 g/mol. The minimum Gasteiger partial charge on any atom is -0.495 e. The van der Waals surface area contributed by atoms with Crippen molar-refractivity contribution in [2.75, 3.05) is 12.9 Å². The second-order valence-electron chi connectivity index (χ2n) is 4.69. The number of pyridine rings is 1. The predicted molar refractivity (Wildman–Crippen MR) is 69.9 cm³/mol.